The van der Waals surface area contributed by atoms with Gasteiger partial charge in [-0.1, -0.05) is 13.8 Å². The van der Waals surface area contributed by atoms with Crippen molar-refractivity contribution in [3.05, 3.63) is 34.1 Å². The minimum atomic E-state index is -0.573. The predicted molar refractivity (Wildman–Crippen MR) is 76.6 cm³/mol. The maximum Gasteiger partial charge on any atom is 0.272 e. The maximum absolute atomic E-state index is 14.2. The Morgan fingerprint density at radius 3 is 2.75 bits per heavy atom. The van der Waals surface area contributed by atoms with Gasteiger partial charge in [-0.15, -0.1) is 0 Å². The summed E-state index contributed by atoms with van der Waals surface area (Å²) in [7, 11) is 0. The molecular weight excluding hydrogens is 261 g/mol. The number of anilines is 1. The van der Waals surface area contributed by atoms with Crippen LogP contribution in [-0.2, 0) is 0 Å². The first kappa shape index (κ1) is 14.7. The van der Waals surface area contributed by atoms with Crippen LogP contribution in [-0.4, -0.2) is 30.1 Å². The van der Waals surface area contributed by atoms with Crippen LogP contribution in [0.2, 0.25) is 0 Å². The van der Waals surface area contributed by atoms with Gasteiger partial charge in [-0.2, -0.15) is 0 Å². The van der Waals surface area contributed by atoms with Crippen LogP contribution in [0.1, 0.15) is 26.7 Å². The molecule has 2 atom stereocenters. The number of halogens is 1. The SMILES string of the molecule is CCC1CN(c2ccc([N+](=O)[O-])cc2F)C(CC)CN1. The van der Waals surface area contributed by atoms with Crippen LogP contribution in [0.3, 0.4) is 0 Å². The Balaban J connectivity index is 2.29. The van der Waals surface area contributed by atoms with E-state index < -0.39 is 10.7 Å². The third-order valence-electron chi connectivity index (χ3n) is 3.92. The molecule has 0 saturated carbocycles. The van der Waals surface area contributed by atoms with Gasteiger partial charge in [0.2, 0.25) is 0 Å². The number of hydrogen-bond acceptors (Lipinski definition) is 4. The van der Waals surface area contributed by atoms with Crippen LogP contribution < -0.4 is 10.2 Å². The van der Waals surface area contributed by atoms with Crippen molar-refractivity contribution in [1.29, 1.82) is 0 Å². The largest absolute Gasteiger partial charge is 0.363 e. The summed E-state index contributed by atoms with van der Waals surface area (Å²) >= 11 is 0. The number of rotatable bonds is 4. The van der Waals surface area contributed by atoms with E-state index in [1.807, 2.05) is 4.90 Å². The van der Waals surface area contributed by atoms with Crippen LogP contribution >= 0.6 is 0 Å². The first-order valence-electron chi connectivity index (χ1n) is 7.00. The number of non-ortho nitro benzene ring substituents is 1. The zero-order valence-corrected chi connectivity index (χ0v) is 11.8. The molecule has 110 valence electrons. The molecule has 0 spiro atoms. The summed E-state index contributed by atoms with van der Waals surface area (Å²) in [4.78, 5) is 12.1. The van der Waals surface area contributed by atoms with Crippen molar-refractivity contribution in [2.24, 2.45) is 0 Å². The Bertz CT molecular complexity index is 495. The number of hydrogen-bond donors (Lipinski definition) is 1. The second-order valence-corrected chi connectivity index (χ2v) is 5.12. The van der Waals surface area contributed by atoms with Gasteiger partial charge in [-0.25, -0.2) is 4.39 Å². The molecule has 0 bridgehead atoms. The highest BCUT2D eigenvalue weighted by atomic mass is 19.1. The minimum Gasteiger partial charge on any atom is -0.363 e. The van der Waals surface area contributed by atoms with E-state index in [9.17, 15) is 14.5 Å². The number of nitrogens with zero attached hydrogens (tertiary/aromatic N) is 2. The smallest absolute Gasteiger partial charge is 0.272 e. The molecule has 1 heterocycles. The van der Waals surface area contributed by atoms with Gasteiger partial charge in [0, 0.05) is 31.2 Å². The monoisotopic (exact) mass is 281 g/mol. The highest BCUT2D eigenvalue weighted by Crippen LogP contribution is 2.28. The topological polar surface area (TPSA) is 58.4 Å². The van der Waals surface area contributed by atoms with Gasteiger partial charge >= 0.3 is 0 Å². The predicted octanol–water partition coefficient (Wildman–Crippen LogP) is 2.70. The van der Waals surface area contributed by atoms with E-state index >= 15 is 0 Å². The lowest BCUT2D eigenvalue weighted by molar-refractivity contribution is -0.385. The molecule has 1 aliphatic heterocycles. The van der Waals surface area contributed by atoms with Gasteiger partial charge in [-0.05, 0) is 18.9 Å². The van der Waals surface area contributed by atoms with Gasteiger partial charge in [0.05, 0.1) is 16.7 Å². The third kappa shape index (κ3) is 2.90. The molecule has 20 heavy (non-hydrogen) atoms. The number of piperazine rings is 1. The van der Waals surface area contributed by atoms with Crippen LogP contribution in [0.25, 0.3) is 0 Å². The van der Waals surface area contributed by atoms with Crippen LogP contribution in [0.15, 0.2) is 18.2 Å². The Morgan fingerprint density at radius 1 is 1.45 bits per heavy atom. The first-order chi connectivity index (χ1) is 9.56. The Morgan fingerprint density at radius 2 is 2.20 bits per heavy atom. The molecule has 1 aliphatic rings. The fraction of sp³-hybridized carbons (Fsp3) is 0.571. The molecule has 1 fully saturated rings. The van der Waals surface area contributed by atoms with Crippen LogP contribution in [0, 0.1) is 15.9 Å². The van der Waals surface area contributed by atoms with Crippen molar-refractivity contribution < 1.29 is 9.31 Å². The summed E-state index contributed by atoms with van der Waals surface area (Å²) in [6.45, 7) is 5.69. The van der Waals surface area contributed by atoms with Gasteiger partial charge in [0.25, 0.3) is 5.69 Å². The van der Waals surface area contributed by atoms with Crippen molar-refractivity contribution in [3.8, 4) is 0 Å². The first-order valence-corrected chi connectivity index (χ1v) is 7.00. The van der Waals surface area contributed by atoms with Crippen LogP contribution in [0.5, 0.6) is 0 Å². The molecule has 0 aliphatic carbocycles. The van der Waals surface area contributed by atoms with E-state index in [0.717, 1.165) is 32.0 Å². The second-order valence-electron chi connectivity index (χ2n) is 5.12. The average molecular weight is 281 g/mol. The van der Waals surface area contributed by atoms with Crippen molar-refractivity contribution in [3.63, 3.8) is 0 Å². The molecule has 0 aromatic heterocycles. The van der Waals surface area contributed by atoms with Gasteiger partial charge in [-0.3, -0.25) is 10.1 Å². The summed E-state index contributed by atoms with van der Waals surface area (Å²) < 4.78 is 14.2. The lowest BCUT2D eigenvalue weighted by Gasteiger charge is -2.41. The fourth-order valence-electron chi connectivity index (χ4n) is 2.64. The molecule has 2 unspecified atom stereocenters. The fourth-order valence-corrected chi connectivity index (χ4v) is 2.64. The summed E-state index contributed by atoms with van der Waals surface area (Å²) in [5, 5.41) is 14.1. The van der Waals surface area contributed by atoms with E-state index in [2.05, 4.69) is 19.2 Å². The van der Waals surface area contributed by atoms with Crippen molar-refractivity contribution >= 4 is 11.4 Å². The van der Waals surface area contributed by atoms with E-state index in [1.54, 1.807) is 0 Å². The Labute approximate surface area is 117 Å². The van der Waals surface area contributed by atoms with E-state index in [4.69, 9.17) is 0 Å². The summed E-state index contributed by atoms with van der Waals surface area (Å²) in [6, 6.07) is 4.44. The highest BCUT2D eigenvalue weighted by Gasteiger charge is 2.28. The summed E-state index contributed by atoms with van der Waals surface area (Å²) in [6.07, 6.45) is 1.88. The van der Waals surface area contributed by atoms with Crippen LogP contribution in [0.4, 0.5) is 15.8 Å². The Kier molecular flexibility index (Phi) is 4.54. The summed E-state index contributed by atoms with van der Waals surface area (Å²) in [5.74, 6) is -0.519. The number of nitrogens with one attached hydrogen (secondary N) is 1. The molecule has 1 N–H and O–H groups in total. The molecule has 0 radical (unpaired) electrons. The maximum atomic E-state index is 14.2. The highest BCUT2D eigenvalue weighted by molar-refractivity contribution is 5.53. The molecule has 1 aromatic rings. The molecule has 1 aromatic carbocycles. The molecule has 2 rings (SSSR count). The quantitative estimate of drug-likeness (QED) is 0.681. The molecule has 5 nitrogen and oxygen atoms in total. The lowest BCUT2D eigenvalue weighted by Crippen LogP contribution is -2.56. The lowest BCUT2D eigenvalue weighted by atomic mass is 10.0. The van der Waals surface area contributed by atoms with Crippen molar-refractivity contribution in [1.82, 2.24) is 5.32 Å². The molecule has 1 saturated heterocycles. The van der Waals surface area contributed by atoms with Crippen molar-refractivity contribution in [2.45, 2.75) is 38.8 Å². The van der Waals surface area contributed by atoms with E-state index in [1.165, 1.54) is 12.1 Å². The zero-order chi connectivity index (χ0) is 14.7. The van der Waals surface area contributed by atoms with Gasteiger partial charge in [0.15, 0.2) is 5.82 Å². The van der Waals surface area contributed by atoms with Gasteiger partial charge < -0.3 is 10.2 Å². The third-order valence-corrected chi connectivity index (χ3v) is 3.92. The normalized spacial score (nSPS) is 22.9. The minimum absolute atomic E-state index is 0.207. The summed E-state index contributed by atoms with van der Waals surface area (Å²) in [5.41, 5.74) is 0.254. The molecule has 6 heteroatoms. The Hall–Kier alpha value is -1.69. The standard InChI is InChI=1S/C14H20FN3O2/c1-3-10-9-17(11(4-2)8-16-10)14-6-5-12(18(19)20)7-13(14)15/h5-7,10-11,16H,3-4,8-9H2,1-2H3. The molecule has 0 amide bonds. The number of benzene rings is 1. The van der Waals surface area contributed by atoms with E-state index in [0.29, 0.717) is 11.7 Å². The molecular formula is C14H20FN3O2. The van der Waals surface area contributed by atoms with Crippen molar-refractivity contribution in [2.75, 3.05) is 18.0 Å². The zero-order valence-electron chi connectivity index (χ0n) is 11.8. The second kappa shape index (κ2) is 6.17. The average Bonchev–Trinajstić information content (AvgIpc) is 2.46. The van der Waals surface area contributed by atoms with E-state index in [-0.39, 0.29) is 11.7 Å². The number of nitro groups is 1. The number of nitro benzene ring substituents is 1. The van der Waals surface area contributed by atoms with Gasteiger partial charge in [0.1, 0.15) is 0 Å².